The summed E-state index contributed by atoms with van der Waals surface area (Å²) in [6.45, 7) is 4.21. The standard InChI is InChI=1S/C3H6O3S.5AsFH2O3.Li/c1-3(2)7(4,5)6;5*2-1(3,4)5;/h1H2,2H3,(H,4,5,6);5*(H2,3,4,5);/q;;;;;;+1/p-1. The predicted molar refractivity (Wildman–Crippen MR) is 84.1 cm³/mol. The second-order valence-corrected chi connectivity index (χ2v) is 15.0. The molecule has 1 unspecified atom stereocenters. The van der Waals surface area contributed by atoms with E-state index in [1.54, 1.807) is 0 Å². The molecule has 0 rings (SSSR count). The van der Waals surface area contributed by atoms with E-state index in [4.69, 9.17) is 64.2 Å². The van der Waals surface area contributed by atoms with Crippen LogP contribution in [-0.4, -0.2) is 123 Å². The summed E-state index contributed by atoms with van der Waals surface area (Å²) in [6, 6.07) is 0. The molecule has 0 amide bonds. The minimum absolute atomic E-state index is 0. The summed E-state index contributed by atoms with van der Waals surface area (Å²) in [5.41, 5.74) is 0. The van der Waals surface area contributed by atoms with Crippen molar-refractivity contribution in [2.24, 2.45) is 0 Å². The van der Waals surface area contributed by atoms with Crippen molar-refractivity contribution in [1.29, 1.82) is 0 Å². The van der Waals surface area contributed by atoms with Gasteiger partial charge < -0.3 is 0 Å². The van der Waals surface area contributed by atoms with Gasteiger partial charge in [-0.1, -0.05) is 6.58 Å². The zero-order chi connectivity index (χ0) is 28.6. The van der Waals surface area contributed by atoms with Crippen molar-refractivity contribution in [2.75, 3.05) is 0 Å². The number of halogens is 5. The molecule has 10 N–H and O–H groups in total. The summed E-state index contributed by atoms with van der Waals surface area (Å²) < 4.78 is 195. The molecular formula is C3H15As5F5LiO18S. The van der Waals surface area contributed by atoms with Crippen LogP contribution in [-0.2, 0) is 28.8 Å². The summed E-state index contributed by atoms with van der Waals surface area (Å²) >= 11 is -28.4. The maximum atomic E-state index is 10.4. The molecule has 0 aliphatic rings. The Bertz CT molecular complexity index is 689. The van der Waals surface area contributed by atoms with Crippen LogP contribution in [0.5, 0.6) is 0 Å². The van der Waals surface area contributed by atoms with Crippen LogP contribution in [0, 0.1) is 0 Å². The summed E-state index contributed by atoms with van der Waals surface area (Å²) in [5, 5.41) is 0. The van der Waals surface area contributed by atoms with Crippen LogP contribution in [0.4, 0.5) is 17.3 Å². The monoisotopic (exact) mass is 848 g/mol. The van der Waals surface area contributed by atoms with Crippen LogP contribution < -0.4 is 23.0 Å². The van der Waals surface area contributed by atoms with Crippen molar-refractivity contribution < 1.29 is 109 Å². The van der Waals surface area contributed by atoms with E-state index < -0.39 is 83.3 Å². The van der Waals surface area contributed by atoms with E-state index in [1.807, 2.05) is 0 Å². The fourth-order valence-electron chi connectivity index (χ4n) is 0. The first kappa shape index (κ1) is 51.0. The smallest absolute Gasteiger partial charge is 1.00 e. The molecule has 0 heterocycles. The van der Waals surface area contributed by atoms with E-state index in [0.29, 0.717) is 0 Å². The first-order valence-corrected chi connectivity index (χ1v) is 22.5. The third kappa shape index (κ3) is 613. The Hall–Kier alpha value is 1.29. The van der Waals surface area contributed by atoms with Crippen molar-refractivity contribution in [3.63, 3.8) is 0 Å². The molecule has 202 valence electrons. The van der Waals surface area contributed by atoms with Crippen LogP contribution in [0.25, 0.3) is 0 Å². The van der Waals surface area contributed by atoms with Gasteiger partial charge in [0.1, 0.15) is 0 Å². The molecule has 30 heteroatoms. The predicted octanol–water partition coefficient (Wildman–Crippen LogP) is -9.19. The van der Waals surface area contributed by atoms with Crippen molar-refractivity contribution in [1.82, 2.24) is 0 Å². The van der Waals surface area contributed by atoms with Gasteiger partial charge in [-0.25, -0.2) is 0 Å². The third-order valence-corrected chi connectivity index (χ3v) is 1.32. The van der Waals surface area contributed by atoms with Gasteiger partial charge in [-0.3, -0.25) is 4.55 Å². The Morgan fingerprint density at radius 3 is 0.697 bits per heavy atom. The second-order valence-electron chi connectivity index (χ2n) is 3.52. The molecule has 0 radical (unpaired) electrons. The maximum Gasteiger partial charge on any atom is 1.00 e. The molecule has 0 spiro atoms. The molecule has 0 aliphatic heterocycles. The normalized spacial score (nSPS) is 12.8. The number of rotatable bonds is 1. The summed E-state index contributed by atoms with van der Waals surface area (Å²) in [7, 11) is -3.94. The molecule has 0 saturated heterocycles. The molecular weight excluding hydrogens is 833 g/mol. The van der Waals surface area contributed by atoms with E-state index in [0.717, 1.165) is 0 Å². The molecule has 0 fully saturated rings. The minimum Gasteiger partial charge on any atom is 1.00 e. The topological polar surface area (TPSA) is 345 Å². The SMILES string of the molecule is C=C(C)S(=O)(=O)O.O=[As](O)(O)F.O=[As](O)(O)F.O=[As](O)(O)F.O=[As](O)(O)F.O=[As]([O-])(O)F.[Li+]. The van der Waals surface area contributed by atoms with E-state index >= 15 is 0 Å². The minimum atomic E-state index is -5.88. The number of hydrogen-bond donors (Lipinski definition) is 10. The molecule has 0 aromatic heterocycles. The van der Waals surface area contributed by atoms with Gasteiger partial charge in [-0.2, -0.15) is 8.42 Å². The van der Waals surface area contributed by atoms with Crippen molar-refractivity contribution in [2.45, 2.75) is 6.92 Å². The Morgan fingerprint density at radius 2 is 0.697 bits per heavy atom. The zero-order valence-corrected chi connectivity index (χ0v) is 25.7. The average Bonchev–Trinajstić information content (AvgIpc) is 2.13. The van der Waals surface area contributed by atoms with E-state index in [9.17, 15) is 25.8 Å². The van der Waals surface area contributed by atoms with Crippen LogP contribution in [0.15, 0.2) is 11.5 Å². The van der Waals surface area contributed by atoms with Gasteiger partial charge in [0, 0.05) is 0 Å². The summed E-state index contributed by atoms with van der Waals surface area (Å²) in [6.07, 6.45) is 0. The quantitative estimate of drug-likeness (QED) is 0.0665. The maximum absolute atomic E-state index is 10.4. The second kappa shape index (κ2) is 21.4. The zero-order valence-electron chi connectivity index (χ0n) is 15.5. The first-order chi connectivity index (χ1) is 12.9. The molecule has 18 nitrogen and oxygen atoms in total. The van der Waals surface area contributed by atoms with Crippen LogP contribution in [0.2, 0.25) is 0 Å². The Labute approximate surface area is 209 Å². The molecule has 33 heavy (non-hydrogen) atoms. The molecule has 0 aliphatic carbocycles. The fourth-order valence-corrected chi connectivity index (χ4v) is 0. The Balaban J connectivity index is -0.0000000491. The van der Waals surface area contributed by atoms with E-state index in [1.165, 1.54) is 6.92 Å². The molecule has 0 saturated carbocycles. The fraction of sp³-hybridized carbons (Fsp3) is 0.333. The van der Waals surface area contributed by atoms with Crippen molar-refractivity contribution in [3.8, 4) is 0 Å². The molecule has 0 aromatic carbocycles. The average molecular weight is 848 g/mol. The molecule has 0 bridgehead atoms. The van der Waals surface area contributed by atoms with E-state index in [-0.39, 0.29) is 23.8 Å². The largest absolute Gasteiger partial charge is 1.00 e. The number of hydrogen-bond acceptors (Lipinski definition) is 8. The van der Waals surface area contributed by atoms with Crippen LogP contribution in [0.3, 0.4) is 0 Å². The van der Waals surface area contributed by atoms with Gasteiger partial charge in [-0.05, 0) is 6.92 Å². The Morgan fingerprint density at radius 1 is 0.667 bits per heavy atom. The molecule has 0 aromatic rings. The van der Waals surface area contributed by atoms with Crippen molar-refractivity contribution >= 4 is 83.3 Å². The summed E-state index contributed by atoms with van der Waals surface area (Å²) in [4.78, 5) is -0.229. The van der Waals surface area contributed by atoms with Crippen LogP contribution in [0.1, 0.15) is 6.92 Å². The number of allylic oxidation sites excluding steroid dienone is 1. The Kier molecular flexibility index (Phi) is 33.1. The van der Waals surface area contributed by atoms with Gasteiger partial charge in [0.05, 0.1) is 4.91 Å². The van der Waals surface area contributed by atoms with Gasteiger partial charge in [0.2, 0.25) is 0 Å². The van der Waals surface area contributed by atoms with Crippen LogP contribution >= 0.6 is 0 Å². The van der Waals surface area contributed by atoms with Gasteiger partial charge in [0.15, 0.2) is 0 Å². The summed E-state index contributed by atoms with van der Waals surface area (Å²) in [5.74, 6) is 0. The third-order valence-electron chi connectivity index (χ3n) is 0.440. The van der Waals surface area contributed by atoms with E-state index in [2.05, 4.69) is 6.58 Å². The van der Waals surface area contributed by atoms with Crippen molar-refractivity contribution in [3.05, 3.63) is 11.5 Å². The van der Waals surface area contributed by atoms with Gasteiger partial charge in [0.25, 0.3) is 10.1 Å². The first-order valence-electron chi connectivity index (χ1n) is 5.31. The molecule has 1 atom stereocenters. The van der Waals surface area contributed by atoms with Gasteiger partial charge >= 0.3 is 169 Å². The van der Waals surface area contributed by atoms with Gasteiger partial charge in [-0.15, -0.1) is 0 Å².